The van der Waals surface area contributed by atoms with Crippen molar-refractivity contribution in [1.29, 1.82) is 0 Å². The first-order valence-electron chi connectivity index (χ1n) is 6.45. The number of esters is 1. The van der Waals surface area contributed by atoms with Crippen molar-refractivity contribution >= 4 is 23.0 Å². The highest BCUT2D eigenvalue weighted by Crippen LogP contribution is 2.41. The quantitative estimate of drug-likeness (QED) is 0.729. The molecule has 0 radical (unpaired) electrons. The Morgan fingerprint density at radius 2 is 2.10 bits per heavy atom. The van der Waals surface area contributed by atoms with E-state index in [4.69, 9.17) is 19.9 Å². The Balaban J connectivity index is 1.79. The number of imidazole rings is 1. The number of fused-ring (bicyclic) bond motifs is 2. The summed E-state index contributed by atoms with van der Waals surface area (Å²) in [7, 11) is 0. The number of rotatable bonds is 1. The van der Waals surface area contributed by atoms with Gasteiger partial charge in [-0.2, -0.15) is 0 Å². The summed E-state index contributed by atoms with van der Waals surface area (Å²) in [6, 6.07) is 0. The average Bonchev–Trinajstić information content (AvgIpc) is 3.04. The third-order valence-electron chi connectivity index (χ3n) is 3.54. The molecule has 0 amide bonds. The molecule has 21 heavy (non-hydrogen) atoms. The lowest BCUT2D eigenvalue weighted by atomic mass is 10.2. The molecule has 3 atom stereocenters. The minimum Gasteiger partial charge on any atom is -0.436 e. The molecule has 0 unspecified atom stereocenters. The van der Waals surface area contributed by atoms with Gasteiger partial charge in [-0.3, -0.25) is 4.57 Å². The molecule has 9 nitrogen and oxygen atoms in total. The van der Waals surface area contributed by atoms with Crippen LogP contribution in [0.4, 0.5) is 5.82 Å². The number of carbonyl (C=O) groups is 1. The van der Waals surface area contributed by atoms with Crippen molar-refractivity contribution in [2.24, 2.45) is 0 Å². The van der Waals surface area contributed by atoms with Crippen LogP contribution in [0, 0.1) is 0 Å². The van der Waals surface area contributed by atoms with E-state index >= 15 is 0 Å². The van der Waals surface area contributed by atoms with Crippen LogP contribution in [0.3, 0.4) is 0 Å². The van der Waals surface area contributed by atoms with Crippen molar-refractivity contribution in [3.05, 3.63) is 12.7 Å². The van der Waals surface area contributed by atoms with Gasteiger partial charge in [0.2, 0.25) is 6.23 Å². The SMILES string of the molecule is CC1(C)O[C@@H]2[C@H](O1)C(=O)O[C@H]2n1cnc2c(N)ncnc21. The van der Waals surface area contributed by atoms with E-state index in [-0.39, 0.29) is 5.82 Å². The summed E-state index contributed by atoms with van der Waals surface area (Å²) in [6.45, 7) is 3.50. The molecule has 2 aromatic rings. The fourth-order valence-electron chi connectivity index (χ4n) is 2.70. The maximum atomic E-state index is 11.9. The van der Waals surface area contributed by atoms with Gasteiger partial charge in [-0.25, -0.2) is 19.7 Å². The number of hydrogen-bond donors (Lipinski definition) is 1. The third-order valence-corrected chi connectivity index (χ3v) is 3.54. The van der Waals surface area contributed by atoms with E-state index in [2.05, 4.69) is 15.0 Å². The third kappa shape index (κ3) is 1.71. The molecule has 0 aliphatic carbocycles. The molecule has 0 saturated carbocycles. The molecule has 0 aromatic carbocycles. The van der Waals surface area contributed by atoms with Crippen LogP contribution >= 0.6 is 0 Å². The fraction of sp³-hybridized carbons (Fsp3) is 0.500. The van der Waals surface area contributed by atoms with Gasteiger partial charge in [0.25, 0.3) is 0 Å². The van der Waals surface area contributed by atoms with Gasteiger partial charge in [0, 0.05) is 0 Å². The average molecular weight is 291 g/mol. The Labute approximate surface area is 119 Å². The minimum atomic E-state index is -0.836. The Morgan fingerprint density at radius 3 is 2.90 bits per heavy atom. The van der Waals surface area contributed by atoms with Crippen LogP contribution in [0.2, 0.25) is 0 Å². The predicted molar refractivity (Wildman–Crippen MR) is 68.7 cm³/mol. The molecule has 2 N–H and O–H groups in total. The van der Waals surface area contributed by atoms with Crippen molar-refractivity contribution in [3.8, 4) is 0 Å². The highest BCUT2D eigenvalue weighted by Gasteiger charge is 2.57. The van der Waals surface area contributed by atoms with Crippen LogP contribution in [0.25, 0.3) is 11.2 Å². The lowest BCUT2D eigenvalue weighted by Gasteiger charge is -2.22. The van der Waals surface area contributed by atoms with Crippen molar-refractivity contribution in [2.45, 2.75) is 38.1 Å². The second-order valence-electron chi connectivity index (χ2n) is 5.43. The number of nitrogens with two attached hydrogens (primary N) is 1. The minimum absolute atomic E-state index is 0.267. The maximum absolute atomic E-state index is 11.9. The summed E-state index contributed by atoms with van der Waals surface area (Å²) in [5.74, 6) is -1.03. The Kier molecular flexibility index (Phi) is 2.31. The van der Waals surface area contributed by atoms with Crippen molar-refractivity contribution < 1.29 is 19.0 Å². The molecule has 0 spiro atoms. The van der Waals surface area contributed by atoms with Crippen LogP contribution in [0.5, 0.6) is 0 Å². The standard InChI is InChI=1S/C12H13N5O4/c1-12(2)20-6-7(21-12)11(18)19-10(6)17-4-16-5-8(13)14-3-15-9(5)17/h3-4,6-7,10H,1-2H3,(H2,13,14,15)/t6-,7+,10-/m1/s1. The molecule has 2 saturated heterocycles. The van der Waals surface area contributed by atoms with Crippen LogP contribution in [-0.2, 0) is 19.0 Å². The van der Waals surface area contributed by atoms with E-state index < -0.39 is 30.2 Å². The van der Waals surface area contributed by atoms with E-state index in [1.54, 1.807) is 18.4 Å². The number of nitrogens with zero attached hydrogens (tertiary/aromatic N) is 4. The first-order valence-corrected chi connectivity index (χ1v) is 6.45. The first-order chi connectivity index (χ1) is 9.96. The molecule has 2 aliphatic heterocycles. The number of nitrogen functional groups attached to an aromatic ring is 1. The van der Waals surface area contributed by atoms with Gasteiger partial charge in [0.05, 0.1) is 0 Å². The number of cyclic esters (lactones) is 1. The van der Waals surface area contributed by atoms with Gasteiger partial charge in [0.1, 0.15) is 18.2 Å². The lowest BCUT2D eigenvalue weighted by Crippen LogP contribution is -2.27. The Bertz CT molecular complexity index is 742. The smallest absolute Gasteiger partial charge is 0.340 e. The van der Waals surface area contributed by atoms with Crippen LogP contribution in [0.1, 0.15) is 20.1 Å². The molecule has 2 fully saturated rings. The highest BCUT2D eigenvalue weighted by molar-refractivity contribution is 5.82. The first kappa shape index (κ1) is 12.5. The largest absolute Gasteiger partial charge is 0.436 e. The van der Waals surface area contributed by atoms with E-state index in [9.17, 15) is 4.79 Å². The normalized spacial score (nSPS) is 30.6. The highest BCUT2D eigenvalue weighted by atomic mass is 16.8. The van der Waals surface area contributed by atoms with Gasteiger partial charge < -0.3 is 19.9 Å². The van der Waals surface area contributed by atoms with Gasteiger partial charge in [-0.15, -0.1) is 0 Å². The molecule has 4 heterocycles. The number of ether oxygens (including phenoxy) is 3. The zero-order valence-electron chi connectivity index (χ0n) is 11.4. The Hall–Kier alpha value is -2.26. The summed E-state index contributed by atoms with van der Waals surface area (Å²) in [4.78, 5) is 24.1. The molecular formula is C12H13N5O4. The van der Waals surface area contributed by atoms with E-state index in [0.717, 1.165) is 0 Å². The van der Waals surface area contributed by atoms with Crippen molar-refractivity contribution in [3.63, 3.8) is 0 Å². The number of hydrogen-bond acceptors (Lipinski definition) is 8. The van der Waals surface area contributed by atoms with E-state index in [1.807, 2.05) is 0 Å². The summed E-state index contributed by atoms with van der Waals surface area (Å²) in [5, 5.41) is 0. The second kappa shape index (κ2) is 3.89. The summed E-state index contributed by atoms with van der Waals surface area (Å²) in [6.07, 6.45) is 0.844. The lowest BCUT2D eigenvalue weighted by molar-refractivity contribution is -0.192. The molecule has 2 aliphatic rings. The fourth-order valence-corrected chi connectivity index (χ4v) is 2.70. The predicted octanol–water partition coefficient (Wildman–Crippen LogP) is -0.0160. The summed E-state index contributed by atoms with van der Waals surface area (Å²) < 4.78 is 18.3. The van der Waals surface area contributed by atoms with Gasteiger partial charge >= 0.3 is 5.97 Å². The number of anilines is 1. The number of aromatic nitrogens is 4. The van der Waals surface area contributed by atoms with E-state index in [1.165, 1.54) is 12.7 Å². The van der Waals surface area contributed by atoms with Crippen molar-refractivity contribution in [1.82, 2.24) is 19.5 Å². The monoisotopic (exact) mass is 291 g/mol. The molecule has 2 aromatic heterocycles. The molecular weight excluding hydrogens is 278 g/mol. The number of carbonyl (C=O) groups excluding carboxylic acids is 1. The molecule has 110 valence electrons. The van der Waals surface area contributed by atoms with E-state index in [0.29, 0.717) is 11.2 Å². The zero-order valence-corrected chi connectivity index (χ0v) is 11.4. The van der Waals surface area contributed by atoms with Crippen LogP contribution in [0.15, 0.2) is 12.7 Å². The van der Waals surface area contributed by atoms with Gasteiger partial charge in [0.15, 0.2) is 29.5 Å². The van der Waals surface area contributed by atoms with Gasteiger partial charge in [-0.05, 0) is 13.8 Å². The van der Waals surface area contributed by atoms with Crippen LogP contribution in [-0.4, -0.2) is 43.5 Å². The second-order valence-corrected chi connectivity index (χ2v) is 5.43. The summed E-state index contributed by atoms with van der Waals surface area (Å²) >= 11 is 0. The molecule has 9 heteroatoms. The van der Waals surface area contributed by atoms with Gasteiger partial charge in [-0.1, -0.05) is 0 Å². The summed E-state index contributed by atoms with van der Waals surface area (Å²) in [5.41, 5.74) is 6.69. The molecule has 4 rings (SSSR count). The topological polar surface area (TPSA) is 114 Å². The maximum Gasteiger partial charge on any atom is 0.340 e. The van der Waals surface area contributed by atoms with Crippen LogP contribution < -0.4 is 5.73 Å². The Morgan fingerprint density at radius 1 is 1.29 bits per heavy atom. The molecule has 0 bridgehead atoms. The zero-order chi connectivity index (χ0) is 14.8. The van der Waals surface area contributed by atoms with Crippen molar-refractivity contribution in [2.75, 3.05) is 5.73 Å².